The molecule has 4 heterocycles. The molecule has 3 aromatic rings. The molecule has 2 aliphatic rings. The maximum absolute atomic E-state index is 13.4. The van der Waals surface area contributed by atoms with Crippen molar-refractivity contribution in [3.63, 3.8) is 0 Å². The first-order valence-electron chi connectivity index (χ1n) is 10.2. The fraction of sp³-hybridized carbons (Fsp3) is 0.261. The molecule has 2 N–H and O–H groups in total. The first-order valence-corrected chi connectivity index (χ1v) is 11.0. The number of hydrazone groups is 1. The van der Waals surface area contributed by atoms with E-state index in [2.05, 4.69) is 5.10 Å². The van der Waals surface area contributed by atoms with Gasteiger partial charge in [0.15, 0.2) is 0 Å². The topological polar surface area (TPSA) is 92.1 Å². The van der Waals surface area contributed by atoms with Crippen molar-refractivity contribution >= 4 is 28.9 Å². The first-order chi connectivity index (χ1) is 15.1. The van der Waals surface area contributed by atoms with Crippen molar-refractivity contribution < 1.29 is 14.0 Å². The van der Waals surface area contributed by atoms with E-state index in [0.29, 0.717) is 25.1 Å². The van der Waals surface area contributed by atoms with E-state index >= 15 is 0 Å². The highest BCUT2D eigenvalue weighted by molar-refractivity contribution is 7.12. The number of thiophene rings is 1. The Morgan fingerprint density at radius 2 is 1.94 bits per heavy atom. The smallest absolute Gasteiger partial charge is 0.257 e. The highest BCUT2D eigenvalue weighted by Crippen LogP contribution is 2.34. The number of primary amides is 1. The van der Waals surface area contributed by atoms with Crippen LogP contribution in [0, 0.1) is 0 Å². The zero-order chi connectivity index (χ0) is 21.4. The van der Waals surface area contributed by atoms with Crippen LogP contribution in [-0.4, -0.2) is 40.0 Å². The quantitative estimate of drug-likeness (QED) is 0.668. The van der Waals surface area contributed by atoms with Crippen LogP contribution in [0.25, 0.3) is 0 Å². The molecule has 2 aliphatic heterocycles. The van der Waals surface area contributed by atoms with Gasteiger partial charge in [0.1, 0.15) is 11.8 Å². The molecule has 2 atom stereocenters. The number of carbonyl (C=O) groups excluding carboxylic acids is 2. The molecule has 0 spiro atoms. The molecule has 5 rings (SSSR count). The van der Waals surface area contributed by atoms with Crippen LogP contribution in [0.2, 0.25) is 0 Å². The predicted molar refractivity (Wildman–Crippen MR) is 117 cm³/mol. The highest BCUT2D eigenvalue weighted by atomic mass is 32.1. The van der Waals surface area contributed by atoms with E-state index in [-0.39, 0.29) is 18.5 Å². The van der Waals surface area contributed by atoms with Gasteiger partial charge in [0.05, 0.1) is 29.4 Å². The Balaban J connectivity index is 1.41. The van der Waals surface area contributed by atoms with Crippen molar-refractivity contribution in [3.8, 4) is 0 Å². The second-order valence-electron chi connectivity index (χ2n) is 7.79. The molecule has 1 aromatic carbocycles. The maximum atomic E-state index is 13.4. The van der Waals surface area contributed by atoms with Gasteiger partial charge in [-0.15, -0.1) is 11.3 Å². The molecule has 0 saturated heterocycles. The number of rotatable bonds is 5. The van der Waals surface area contributed by atoms with Crippen LogP contribution < -0.4 is 5.73 Å². The first kappa shape index (κ1) is 19.7. The fourth-order valence-electron chi connectivity index (χ4n) is 4.30. The van der Waals surface area contributed by atoms with Crippen molar-refractivity contribution in [2.45, 2.75) is 31.5 Å². The van der Waals surface area contributed by atoms with Crippen molar-refractivity contribution in [2.75, 3.05) is 6.54 Å². The summed E-state index contributed by atoms with van der Waals surface area (Å²) in [7, 11) is 0. The maximum Gasteiger partial charge on any atom is 0.257 e. The zero-order valence-corrected chi connectivity index (χ0v) is 17.6. The summed E-state index contributed by atoms with van der Waals surface area (Å²) in [4.78, 5) is 28.4. The van der Waals surface area contributed by atoms with Gasteiger partial charge >= 0.3 is 0 Å². The summed E-state index contributed by atoms with van der Waals surface area (Å²) in [5.74, 6) is 0.0896. The molecule has 0 aliphatic carbocycles. The van der Waals surface area contributed by atoms with Crippen LogP contribution in [0.1, 0.15) is 34.2 Å². The number of nitrogens with zero attached hydrogens (tertiary/aromatic N) is 3. The molecule has 7 nitrogen and oxygen atoms in total. The van der Waals surface area contributed by atoms with Crippen molar-refractivity contribution in [1.82, 2.24) is 9.91 Å². The van der Waals surface area contributed by atoms with Crippen molar-refractivity contribution in [1.29, 1.82) is 0 Å². The number of hydrogen-bond acceptors (Lipinski definition) is 6. The lowest BCUT2D eigenvalue weighted by molar-refractivity contribution is -0.136. The van der Waals surface area contributed by atoms with E-state index in [1.165, 1.54) is 5.01 Å². The standard InChI is InChI=1S/C23H22N4O3S/c24-23(29)19-11-15-5-1-2-6-16(15)13-26(19)14-22(28)27-18(20-7-3-9-30-20)12-17(25-27)21-8-4-10-31-21/h1-10,18-19H,11-14H2,(H2,24,29)/t18-,19+/m1/s1. The Morgan fingerprint density at radius 3 is 2.65 bits per heavy atom. The van der Waals surface area contributed by atoms with Gasteiger partial charge in [-0.25, -0.2) is 5.01 Å². The summed E-state index contributed by atoms with van der Waals surface area (Å²) < 4.78 is 5.61. The normalized spacial score (nSPS) is 21.0. The van der Waals surface area contributed by atoms with E-state index in [1.54, 1.807) is 17.6 Å². The Bertz CT molecular complexity index is 1120. The number of carbonyl (C=O) groups is 2. The van der Waals surface area contributed by atoms with E-state index in [4.69, 9.17) is 10.2 Å². The minimum Gasteiger partial charge on any atom is -0.467 e. The third kappa shape index (κ3) is 3.80. The van der Waals surface area contributed by atoms with Crippen molar-refractivity contribution in [2.24, 2.45) is 10.8 Å². The van der Waals surface area contributed by atoms with Crippen LogP contribution in [0.5, 0.6) is 0 Å². The average Bonchev–Trinajstić information content (AvgIpc) is 3.54. The SMILES string of the molecule is NC(=O)[C@@H]1Cc2ccccc2CN1CC(=O)N1N=C(c2cccs2)C[C@@H]1c1ccco1. The Labute approximate surface area is 183 Å². The summed E-state index contributed by atoms with van der Waals surface area (Å²) in [5, 5.41) is 8.15. The van der Waals surface area contributed by atoms with E-state index < -0.39 is 11.9 Å². The molecule has 0 fully saturated rings. The van der Waals surface area contributed by atoms with Gasteiger partial charge in [0, 0.05) is 13.0 Å². The molecule has 0 bridgehead atoms. The monoisotopic (exact) mass is 434 g/mol. The molecule has 0 radical (unpaired) electrons. The third-order valence-electron chi connectivity index (χ3n) is 5.86. The molecule has 0 unspecified atom stereocenters. The van der Waals surface area contributed by atoms with Crippen LogP contribution in [-0.2, 0) is 22.6 Å². The fourth-order valence-corrected chi connectivity index (χ4v) is 5.03. The average molecular weight is 435 g/mol. The number of nitrogens with two attached hydrogens (primary N) is 1. The number of amides is 2. The van der Waals surface area contributed by atoms with Crippen LogP contribution in [0.15, 0.2) is 69.7 Å². The van der Waals surface area contributed by atoms with Gasteiger partial charge in [-0.1, -0.05) is 30.3 Å². The Hall–Kier alpha value is -3.23. The van der Waals surface area contributed by atoms with Crippen LogP contribution in [0.4, 0.5) is 0 Å². The van der Waals surface area contributed by atoms with E-state index in [1.807, 2.05) is 58.8 Å². The molecule has 2 amide bonds. The zero-order valence-electron chi connectivity index (χ0n) is 16.8. The lowest BCUT2D eigenvalue weighted by Crippen LogP contribution is -2.51. The van der Waals surface area contributed by atoms with E-state index in [9.17, 15) is 9.59 Å². The minimum absolute atomic E-state index is 0.0559. The molecule has 0 saturated carbocycles. The second kappa shape index (κ2) is 8.13. The van der Waals surface area contributed by atoms with Gasteiger partial charge in [0.2, 0.25) is 5.91 Å². The number of hydrogen-bond donors (Lipinski definition) is 1. The Morgan fingerprint density at radius 1 is 1.10 bits per heavy atom. The third-order valence-corrected chi connectivity index (χ3v) is 6.77. The molecular weight excluding hydrogens is 412 g/mol. The molecular formula is C23H22N4O3S. The predicted octanol–water partition coefficient (Wildman–Crippen LogP) is 2.93. The van der Waals surface area contributed by atoms with Crippen LogP contribution in [0.3, 0.4) is 0 Å². The van der Waals surface area contributed by atoms with Gasteiger partial charge in [-0.2, -0.15) is 5.10 Å². The van der Waals surface area contributed by atoms with Crippen molar-refractivity contribution in [3.05, 3.63) is 81.9 Å². The van der Waals surface area contributed by atoms with Gasteiger partial charge in [0.25, 0.3) is 5.91 Å². The second-order valence-corrected chi connectivity index (χ2v) is 8.74. The minimum atomic E-state index is -0.524. The summed E-state index contributed by atoms with van der Waals surface area (Å²) in [6, 6.07) is 14.8. The highest BCUT2D eigenvalue weighted by Gasteiger charge is 2.38. The number of fused-ring (bicyclic) bond motifs is 1. The molecule has 31 heavy (non-hydrogen) atoms. The summed E-state index contributed by atoms with van der Waals surface area (Å²) in [6.07, 6.45) is 2.69. The van der Waals surface area contributed by atoms with Gasteiger partial charge in [-0.05, 0) is 41.1 Å². The summed E-state index contributed by atoms with van der Waals surface area (Å²) in [6.45, 7) is 0.552. The summed E-state index contributed by atoms with van der Waals surface area (Å²) >= 11 is 1.59. The van der Waals surface area contributed by atoms with Gasteiger partial charge in [-0.3, -0.25) is 14.5 Å². The van der Waals surface area contributed by atoms with Crippen LogP contribution >= 0.6 is 11.3 Å². The number of furan rings is 1. The molecule has 8 heteroatoms. The lowest BCUT2D eigenvalue weighted by atomic mass is 9.93. The number of benzene rings is 1. The van der Waals surface area contributed by atoms with Gasteiger partial charge < -0.3 is 10.2 Å². The lowest BCUT2D eigenvalue weighted by Gasteiger charge is -2.35. The van der Waals surface area contributed by atoms with E-state index in [0.717, 1.165) is 21.7 Å². The molecule has 158 valence electrons. The Kier molecular flexibility index (Phi) is 5.17. The molecule has 2 aromatic heterocycles. The largest absolute Gasteiger partial charge is 0.467 e. The summed E-state index contributed by atoms with van der Waals surface area (Å²) in [5.41, 5.74) is 8.76.